The molecule has 8 heteroatoms. The fourth-order valence-corrected chi connectivity index (χ4v) is 3.38. The van der Waals surface area contributed by atoms with E-state index in [0.29, 0.717) is 21.6 Å². The molecule has 0 radical (unpaired) electrons. The molecule has 2 unspecified atom stereocenters. The predicted molar refractivity (Wildman–Crippen MR) is 75.8 cm³/mol. The molecule has 110 valence electrons. The first kappa shape index (κ1) is 15.2. The summed E-state index contributed by atoms with van der Waals surface area (Å²) in [6.45, 7) is 1.84. The van der Waals surface area contributed by atoms with Crippen molar-refractivity contribution in [1.82, 2.24) is 9.55 Å². The van der Waals surface area contributed by atoms with E-state index in [1.807, 2.05) is 6.92 Å². The molecular weight excluding hydrogens is 309 g/mol. The summed E-state index contributed by atoms with van der Waals surface area (Å²) < 4.78 is 51.3. The lowest BCUT2D eigenvalue weighted by Crippen LogP contribution is -2.13. The normalized spacial score (nSPS) is 15.4. The first-order chi connectivity index (χ1) is 9.20. The van der Waals surface area contributed by atoms with Gasteiger partial charge in [-0.15, -0.1) is 0 Å². The number of H-pyrrole nitrogens is 1. The van der Waals surface area contributed by atoms with E-state index in [-0.39, 0.29) is 6.04 Å². The lowest BCUT2D eigenvalue weighted by Gasteiger charge is -2.13. The average molecular weight is 322 g/mol. The molecule has 1 heterocycles. The lowest BCUT2D eigenvalue weighted by molar-refractivity contribution is -0.137. The Kier molecular flexibility index (Phi) is 4.06. The van der Waals surface area contributed by atoms with Gasteiger partial charge in [0.15, 0.2) is 4.77 Å². The van der Waals surface area contributed by atoms with E-state index in [0.717, 1.165) is 12.1 Å². The molecule has 0 amide bonds. The fraction of sp³-hybridized carbons (Fsp3) is 0.417. The fourth-order valence-electron chi connectivity index (χ4n) is 2.16. The van der Waals surface area contributed by atoms with E-state index in [2.05, 4.69) is 4.98 Å². The van der Waals surface area contributed by atoms with Crippen molar-refractivity contribution in [3.8, 4) is 0 Å². The topological polar surface area (TPSA) is 37.8 Å². The Morgan fingerprint density at radius 2 is 2.10 bits per heavy atom. The number of nitrogens with one attached hydrogen (secondary N) is 1. The van der Waals surface area contributed by atoms with E-state index >= 15 is 0 Å². The molecule has 1 aromatic carbocycles. The smallest absolute Gasteiger partial charge is 0.331 e. The van der Waals surface area contributed by atoms with Crippen molar-refractivity contribution in [1.29, 1.82) is 0 Å². The molecule has 3 nitrogen and oxygen atoms in total. The van der Waals surface area contributed by atoms with E-state index in [4.69, 9.17) is 12.2 Å². The number of alkyl halides is 3. The summed E-state index contributed by atoms with van der Waals surface area (Å²) in [4.78, 5) is 2.77. The number of benzene rings is 1. The summed E-state index contributed by atoms with van der Waals surface area (Å²) in [5.74, 6) is 0.391. The minimum absolute atomic E-state index is 0.154. The second kappa shape index (κ2) is 5.33. The largest absolute Gasteiger partial charge is 0.416 e. The number of fused-ring (bicyclic) bond motifs is 1. The SMILES string of the molecule is CC(CS(C)=O)n1c(=S)[nH]c2cc(C(F)(F)F)ccc21. The zero-order valence-electron chi connectivity index (χ0n) is 10.8. The number of aromatic amines is 1. The first-order valence-electron chi connectivity index (χ1n) is 5.81. The van der Waals surface area contributed by atoms with Gasteiger partial charge in [-0.25, -0.2) is 0 Å². The van der Waals surface area contributed by atoms with Gasteiger partial charge in [0.25, 0.3) is 0 Å². The third kappa shape index (κ3) is 2.95. The number of nitrogens with zero attached hydrogens (tertiary/aromatic N) is 1. The Labute approximate surface area is 121 Å². The van der Waals surface area contributed by atoms with Gasteiger partial charge in [-0.2, -0.15) is 13.2 Å². The van der Waals surface area contributed by atoms with Gasteiger partial charge in [-0.1, -0.05) is 0 Å². The van der Waals surface area contributed by atoms with Crippen molar-refractivity contribution in [3.05, 3.63) is 28.5 Å². The van der Waals surface area contributed by atoms with Gasteiger partial charge in [0.2, 0.25) is 0 Å². The Hall–Kier alpha value is -1.15. The van der Waals surface area contributed by atoms with Crippen molar-refractivity contribution in [3.63, 3.8) is 0 Å². The number of hydrogen-bond donors (Lipinski definition) is 1. The first-order valence-corrected chi connectivity index (χ1v) is 7.95. The van der Waals surface area contributed by atoms with Crippen LogP contribution in [0.2, 0.25) is 0 Å². The second-order valence-corrected chi connectivity index (χ2v) is 6.49. The van der Waals surface area contributed by atoms with Gasteiger partial charge in [0.05, 0.1) is 16.6 Å². The van der Waals surface area contributed by atoms with Crippen molar-refractivity contribution < 1.29 is 17.4 Å². The van der Waals surface area contributed by atoms with Crippen LogP contribution in [0.4, 0.5) is 13.2 Å². The van der Waals surface area contributed by atoms with Crippen LogP contribution < -0.4 is 0 Å². The van der Waals surface area contributed by atoms with E-state index in [1.54, 1.807) is 10.8 Å². The quantitative estimate of drug-likeness (QED) is 0.876. The average Bonchev–Trinajstić information content (AvgIpc) is 2.61. The number of hydrogen-bond acceptors (Lipinski definition) is 2. The Bertz CT molecular complexity index is 718. The maximum absolute atomic E-state index is 12.7. The standard InChI is InChI=1S/C12H13F3N2OS2/c1-7(6-20(2)18)17-10-4-3-8(12(13,14)15)5-9(10)16-11(17)19/h3-5,7H,6H2,1-2H3,(H,16,19). The maximum Gasteiger partial charge on any atom is 0.416 e. The van der Waals surface area contributed by atoms with Crippen LogP contribution in [0, 0.1) is 4.77 Å². The molecule has 0 aliphatic carbocycles. The third-order valence-electron chi connectivity index (χ3n) is 2.96. The molecule has 1 N–H and O–H groups in total. The minimum Gasteiger partial charge on any atom is -0.331 e. The highest BCUT2D eigenvalue weighted by Gasteiger charge is 2.31. The molecule has 2 aromatic rings. The Balaban J connectivity index is 2.56. The van der Waals surface area contributed by atoms with Crippen molar-refractivity contribution >= 4 is 34.1 Å². The van der Waals surface area contributed by atoms with E-state index in [9.17, 15) is 17.4 Å². The van der Waals surface area contributed by atoms with Crippen LogP contribution in [0.3, 0.4) is 0 Å². The van der Waals surface area contributed by atoms with Gasteiger partial charge >= 0.3 is 6.18 Å². The van der Waals surface area contributed by atoms with Crippen LogP contribution in [-0.4, -0.2) is 25.8 Å². The van der Waals surface area contributed by atoms with Crippen molar-refractivity contribution in [2.24, 2.45) is 0 Å². The van der Waals surface area contributed by atoms with Crippen molar-refractivity contribution in [2.45, 2.75) is 19.1 Å². The van der Waals surface area contributed by atoms with Gasteiger partial charge in [-0.3, -0.25) is 4.21 Å². The number of halogens is 3. The van der Waals surface area contributed by atoms with Gasteiger partial charge in [-0.05, 0) is 37.3 Å². The zero-order valence-corrected chi connectivity index (χ0v) is 12.5. The molecule has 0 bridgehead atoms. The molecule has 0 spiro atoms. The van der Waals surface area contributed by atoms with E-state index in [1.165, 1.54) is 6.07 Å². The van der Waals surface area contributed by atoms with Gasteiger partial charge in [0, 0.05) is 28.9 Å². The lowest BCUT2D eigenvalue weighted by atomic mass is 10.2. The predicted octanol–water partition coefficient (Wildman–Crippen LogP) is 3.66. The zero-order chi connectivity index (χ0) is 15.1. The number of rotatable bonds is 3. The van der Waals surface area contributed by atoms with Crippen molar-refractivity contribution in [2.75, 3.05) is 12.0 Å². The second-order valence-electron chi connectivity index (χ2n) is 4.62. The molecule has 0 aliphatic rings. The summed E-state index contributed by atoms with van der Waals surface area (Å²) in [6, 6.07) is 3.30. The summed E-state index contributed by atoms with van der Waals surface area (Å²) in [5, 5.41) is 0. The molecule has 2 rings (SSSR count). The molecular formula is C12H13F3N2OS2. The van der Waals surface area contributed by atoms with Crippen LogP contribution in [0.5, 0.6) is 0 Å². The molecule has 0 saturated carbocycles. The van der Waals surface area contributed by atoms with Crippen LogP contribution in [-0.2, 0) is 17.0 Å². The molecule has 1 aromatic heterocycles. The minimum atomic E-state index is -4.39. The Morgan fingerprint density at radius 1 is 1.45 bits per heavy atom. The monoisotopic (exact) mass is 322 g/mol. The number of aromatic nitrogens is 2. The van der Waals surface area contributed by atoms with Crippen LogP contribution >= 0.6 is 12.2 Å². The molecule has 0 saturated heterocycles. The molecule has 2 atom stereocenters. The highest BCUT2D eigenvalue weighted by molar-refractivity contribution is 7.84. The summed E-state index contributed by atoms with van der Waals surface area (Å²) in [6.07, 6.45) is -2.81. The van der Waals surface area contributed by atoms with Crippen LogP contribution in [0.15, 0.2) is 18.2 Å². The van der Waals surface area contributed by atoms with Crippen LogP contribution in [0.25, 0.3) is 11.0 Å². The maximum atomic E-state index is 12.7. The summed E-state index contributed by atoms with van der Waals surface area (Å²) in [7, 11) is -1.01. The molecule has 0 aliphatic heterocycles. The third-order valence-corrected chi connectivity index (χ3v) is 4.21. The summed E-state index contributed by atoms with van der Waals surface area (Å²) >= 11 is 5.15. The van der Waals surface area contributed by atoms with Gasteiger partial charge < -0.3 is 9.55 Å². The Morgan fingerprint density at radius 3 is 2.65 bits per heavy atom. The highest BCUT2D eigenvalue weighted by atomic mass is 32.2. The van der Waals surface area contributed by atoms with Gasteiger partial charge in [0.1, 0.15) is 0 Å². The molecule has 20 heavy (non-hydrogen) atoms. The van der Waals surface area contributed by atoms with E-state index < -0.39 is 22.5 Å². The molecule has 0 fully saturated rings. The highest BCUT2D eigenvalue weighted by Crippen LogP contribution is 2.31. The number of imidazole rings is 1. The van der Waals surface area contributed by atoms with Crippen LogP contribution in [0.1, 0.15) is 18.5 Å². The summed E-state index contributed by atoms with van der Waals surface area (Å²) in [5.41, 5.74) is 0.194.